The zero-order chi connectivity index (χ0) is 19.3. The fourth-order valence-electron chi connectivity index (χ4n) is 4.33. The second-order valence-electron chi connectivity index (χ2n) is 7.86. The maximum Gasteiger partial charge on any atom is 0.260 e. The Morgan fingerprint density at radius 1 is 1.19 bits per heavy atom. The van der Waals surface area contributed by atoms with E-state index in [1.807, 2.05) is 4.90 Å². The van der Waals surface area contributed by atoms with Gasteiger partial charge in [-0.05, 0) is 38.0 Å². The molecule has 1 saturated heterocycles. The number of amides is 1. The van der Waals surface area contributed by atoms with Crippen LogP contribution < -0.4 is 0 Å². The number of carbonyl (C=O) groups excluding carboxylic acids is 1. The number of aromatic amines is 1. The van der Waals surface area contributed by atoms with Crippen molar-refractivity contribution in [2.24, 2.45) is 11.8 Å². The molecule has 2 heterocycles. The molecular formula is C19H32N4O3S. The Balaban J connectivity index is 1.53. The molecule has 1 aromatic heterocycles. The van der Waals surface area contributed by atoms with Crippen molar-refractivity contribution in [2.75, 3.05) is 26.2 Å². The first kappa shape index (κ1) is 20.3. The van der Waals surface area contributed by atoms with Gasteiger partial charge in [0.25, 0.3) is 10.0 Å². The van der Waals surface area contributed by atoms with Crippen LogP contribution in [0, 0.1) is 11.8 Å². The van der Waals surface area contributed by atoms with Crippen LogP contribution in [0.5, 0.6) is 0 Å². The minimum atomic E-state index is -3.55. The highest BCUT2D eigenvalue weighted by atomic mass is 32.2. The van der Waals surface area contributed by atoms with Crippen LogP contribution in [0.25, 0.3) is 0 Å². The highest BCUT2D eigenvalue weighted by molar-refractivity contribution is 7.89. The number of nitrogens with zero attached hydrogens (tertiary/aromatic N) is 3. The van der Waals surface area contributed by atoms with Gasteiger partial charge < -0.3 is 9.88 Å². The number of unbranched alkanes of at least 4 members (excludes halogenated alkanes) is 1. The molecule has 1 aliphatic carbocycles. The molecule has 1 aliphatic heterocycles. The zero-order valence-electron chi connectivity index (χ0n) is 16.3. The molecule has 3 rings (SSSR count). The van der Waals surface area contributed by atoms with Gasteiger partial charge in [-0.3, -0.25) is 4.79 Å². The van der Waals surface area contributed by atoms with Gasteiger partial charge in [0.2, 0.25) is 5.91 Å². The van der Waals surface area contributed by atoms with Crippen molar-refractivity contribution in [2.45, 2.75) is 63.3 Å². The first-order valence-corrected chi connectivity index (χ1v) is 11.7. The van der Waals surface area contributed by atoms with E-state index in [-0.39, 0.29) is 16.9 Å². The largest absolute Gasteiger partial charge is 0.341 e. The summed E-state index contributed by atoms with van der Waals surface area (Å²) in [5, 5.41) is 0.118. The van der Waals surface area contributed by atoms with Crippen LogP contribution in [0.1, 0.15) is 58.3 Å². The summed E-state index contributed by atoms with van der Waals surface area (Å²) < 4.78 is 26.8. The Labute approximate surface area is 162 Å². The van der Waals surface area contributed by atoms with Crippen LogP contribution in [0.15, 0.2) is 17.6 Å². The summed E-state index contributed by atoms with van der Waals surface area (Å²) in [7, 11) is -3.55. The van der Waals surface area contributed by atoms with Crippen molar-refractivity contribution in [3.05, 3.63) is 12.5 Å². The van der Waals surface area contributed by atoms with Crippen molar-refractivity contribution < 1.29 is 13.2 Å². The molecule has 0 spiro atoms. The molecule has 8 heteroatoms. The molecule has 0 radical (unpaired) electrons. The van der Waals surface area contributed by atoms with Crippen LogP contribution in [0.2, 0.25) is 0 Å². The first-order chi connectivity index (χ1) is 13.0. The molecule has 1 amide bonds. The number of sulfonamides is 1. The van der Waals surface area contributed by atoms with Gasteiger partial charge in [-0.15, -0.1) is 0 Å². The van der Waals surface area contributed by atoms with Gasteiger partial charge in [0, 0.05) is 32.1 Å². The Kier molecular flexibility index (Phi) is 6.92. The van der Waals surface area contributed by atoms with E-state index in [1.165, 1.54) is 36.1 Å². The molecule has 27 heavy (non-hydrogen) atoms. The molecule has 2 fully saturated rings. The Bertz CT molecular complexity index is 697. The van der Waals surface area contributed by atoms with Gasteiger partial charge in [0.1, 0.15) is 0 Å². The lowest BCUT2D eigenvalue weighted by atomic mass is 9.79. The molecule has 0 atom stereocenters. The van der Waals surface area contributed by atoms with Crippen LogP contribution in [0.3, 0.4) is 0 Å². The number of hydrogen-bond donors (Lipinski definition) is 1. The summed E-state index contributed by atoms with van der Waals surface area (Å²) in [6.45, 7) is 4.13. The van der Waals surface area contributed by atoms with Crippen molar-refractivity contribution >= 4 is 15.9 Å². The fourth-order valence-corrected chi connectivity index (χ4v) is 5.69. The van der Waals surface area contributed by atoms with Crippen LogP contribution in [0.4, 0.5) is 0 Å². The van der Waals surface area contributed by atoms with Gasteiger partial charge in [-0.1, -0.05) is 26.2 Å². The highest BCUT2D eigenvalue weighted by Gasteiger charge is 2.33. The standard InChI is InChI=1S/C19H32N4O3S/c1-2-3-5-16-6-8-17(9-7-16)19(24)22-10-4-11-23(13-12-22)27(25,26)18-14-20-15-21-18/h14-17H,2-13H2,1H3,(H,20,21). The average molecular weight is 397 g/mol. The molecule has 1 aromatic rings. The van der Waals surface area contributed by atoms with E-state index in [9.17, 15) is 13.2 Å². The molecule has 0 bridgehead atoms. The monoisotopic (exact) mass is 396 g/mol. The zero-order valence-corrected chi connectivity index (χ0v) is 17.1. The Hall–Kier alpha value is -1.41. The van der Waals surface area contributed by atoms with Crippen LogP contribution in [-0.4, -0.2) is 59.7 Å². The maximum atomic E-state index is 13.0. The molecular weight excluding hydrogens is 364 g/mol. The maximum absolute atomic E-state index is 13.0. The van der Waals surface area contributed by atoms with Crippen LogP contribution in [-0.2, 0) is 14.8 Å². The van der Waals surface area contributed by atoms with Gasteiger partial charge in [-0.25, -0.2) is 13.4 Å². The first-order valence-electron chi connectivity index (χ1n) is 10.3. The number of nitrogens with one attached hydrogen (secondary N) is 1. The van der Waals surface area contributed by atoms with E-state index in [1.54, 1.807) is 0 Å². The summed E-state index contributed by atoms with van der Waals surface area (Å²) in [6, 6.07) is 0. The summed E-state index contributed by atoms with van der Waals surface area (Å²) in [5.41, 5.74) is 0. The van der Waals surface area contributed by atoms with E-state index in [0.29, 0.717) is 32.6 Å². The molecule has 1 saturated carbocycles. The van der Waals surface area contributed by atoms with E-state index < -0.39 is 10.0 Å². The number of rotatable bonds is 6. The van der Waals surface area contributed by atoms with E-state index >= 15 is 0 Å². The number of hydrogen-bond acceptors (Lipinski definition) is 4. The van der Waals surface area contributed by atoms with Crippen molar-refractivity contribution in [3.8, 4) is 0 Å². The molecule has 1 N–H and O–H groups in total. The number of H-pyrrole nitrogens is 1. The lowest BCUT2D eigenvalue weighted by Gasteiger charge is -2.31. The van der Waals surface area contributed by atoms with Crippen molar-refractivity contribution in [1.29, 1.82) is 0 Å². The number of aromatic nitrogens is 2. The highest BCUT2D eigenvalue weighted by Crippen LogP contribution is 2.33. The third-order valence-corrected chi connectivity index (χ3v) is 7.84. The van der Waals surface area contributed by atoms with Crippen LogP contribution >= 0.6 is 0 Å². The second kappa shape index (κ2) is 9.19. The quantitative estimate of drug-likeness (QED) is 0.801. The lowest BCUT2D eigenvalue weighted by molar-refractivity contribution is -0.136. The smallest absolute Gasteiger partial charge is 0.260 e. The predicted octanol–water partition coefficient (Wildman–Crippen LogP) is 2.63. The summed E-state index contributed by atoms with van der Waals surface area (Å²) in [6.07, 6.45) is 11.5. The summed E-state index contributed by atoms with van der Waals surface area (Å²) in [4.78, 5) is 21.3. The average Bonchev–Trinajstić information content (AvgIpc) is 3.11. The molecule has 152 valence electrons. The summed E-state index contributed by atoms with van der Waals surface area (Å²) in [5.74, 6) is 1.14. The minimum Gasteiger partial charge on any atom is -0.341 e. The number of imidazole rings is 1. The molecule has 0 unspecified atom stereocenters. The Morgan fingerprint density at radius 3 is 2.63 bits per heavy atom. The molecule has 0 aromatic carbocycles. The Morgan fingerprint density at radius 2 is 1.96 bits per heavy atom. The van der Waals surface area contributed by atoms with E-state index in [2.05, 4.69) is 16.9 Å². The van der Waals surface area contributed by atoms with Gasteiger partial charge in [-0.2, -0.15) is 4.31 Å². The van der Waals surface area contributed by atoms with Gasteiger partial charge >= 0.3 is 0 Å². The van der Waals surface area contributed by atoms with E-state index in [4.69, 9.17) is 0 Å². The molecule has 7 nitrogen and oxygen atoms in total. The minimum absolute atomic E-state index is 0.118. The van der Waals surface area contributed by atoms with Crippen molar-refractivity contribution in [1.82, 2.24) is 19.2 Å². The molecule has 2 aliphatic rings. The van der Waals surface area contributed by atoms with Gasteiger partial charge in [0.15, 0.2) is 5.03 Å². The van der Waals surface area contributed by atoms with Crippen molar-refractivity contribution in [3.63, 3.8) is 0 Å². The topological polar surface area (TPSA) is 86.4 Å². The summed E-state index contributed by atoms with van der Waals surface area (Å²) >= 11 is 0. The second-order valence-corrected chi connectivity index (χ2v) is 9.77. The third kappa shape index (κ3) is 4.90. The fraction of sp³-hybridized carbons (Fsp3) is 0.789. The SMILES string of the molecule is CCCCC1CCC(C(=O)N2CCCN(S(=O)(=O)c3cnc[nH]3)CC2)CC1. The predicted molar refractivity (Wildman–Crippen MR) is 104 cm³/mol. The van der Waals surface area contributed by atoms with E-state index in [0.717, 1.165) is 31.6 Å². The normalized spacial score (nSPS) is 25.3. The number of carbonyl (C=O) groups is 1. The lowest BCUT2D eigenvalue weighted by Crippen LogP contribution is -2.41. The third-order valence-electron chi connectivity index (χ3n) is 6.02. The van der Waals surface area contributed by atoms with Gasteiger partial charge in [0.05, 0.1) is 12.5 Å².